The van der Waals surface area contributed by atoms with Crippen LogP contribution in [0.4, 0.5) is 11.4 Å². The van der Waals surface area contributed by atoms with E-state index in [1.165, 1.54) is 6.20 Å². The van der Waals surface area contributed by atoms with Gasteiger partial charge in [-0.25, -0.2) is 8.42 Å². The van der Waals surface area contributed by atoms with E-state index in [2.05, 4.69) is 16.4 Å². The molecule has 0 saturated heterocycles. The maximum absolute atomic E-state index is 12.3. The largest absolute Gasteiger partial charge is 0.366 e. The van der Waals surface area contributed by atoms with Gasteiger partial charge in [0.2, 0.25) is 5.91 Å². The van der Waals surface area contributed by atoms with Gasteiger partial charge in [0.25, 0.3) is 0 Å². The molecule has 1 amide bonds. The first-order valence-electron chi connectivity index (χ1n) is 8.15. The number of pyridine rings is 1. The van der Waals surface area contributed by atoms with Gasteiger partial charge in [0.15, 0.2) is 9.84 Å². The number of nitriles is 1. The summed E-state index contributed by atoms with van der Waals surface area (Å²) in [6, 6.07) is 11.8. The monoisotopic (exact) mass is 378 g/mol. The van der Waals surface area contributed by atoms with Crippen LogP contribution in [0.15, 0.2) is 47.5 Å². The lowest BCUT2D eigenvalue weighted by atomic mass is 10.0. The third-order valence-corrected chi connectivity index (χ3v) is 6.41. The summed E-state index contributed by atoms with van der Waals surface area (Å²) >= 11 is 0. The molecule has 3 N–H and O–H groups in total. The van der Waals surface area contributed by atoms with Crippen molar-refractivity contribution in [1.82, 2.24) is 4.98 Å². The summed E-state index contributed by atoms with van der Waals surface area (Å²) < 4.78 is 24.5. The second kappa shape index (κ2) is 6.07. The predicted octanol–water partition coefficient (Wildman–Crippen LogP) is 2.28. The van der Waals surface area contributed by atoms with Crippen LogP contribution in [-0.2, 0) is 16.3 Å². The number of anilines is 2. The van der Waals surface area contributed by atoms with E-state index in [4.69, 9.17) is 5.73 Å². The third-order valence-electron chi connectivity index (χ3n) is 4.62. The number of benzene rings is 2. The zero-order valence-electron chi connectivity index (χ0n) is 14.1. The standard InChI is InChI=1S/C19H14N4O3S/c20-9-12-10-22-15-5-6-16-14(7-8-27(16,25)26)17(15)18(12)23-13-3-1-11(2-4-13)19(21)24/h1-6,10H,7-8H2,(H2,21,24)(H,22,23). The van der Waals surface area contributed by atoms with E-state index < -0.39 is 15.7 Å². The molecule has 0 fully saturated rings. The Morgan fingerprint density at radius 1 is 1.19 bits per heavy atom. The molecular formula is C19H14N4O3S. The van der Waals surface area contributed by atoms with Gasteiger partial charge in [0.05, 0.1) is 27.4 Å². The summed E-state index contributed by atoms with van der Waals surface area (Å²) in [5.74, 6) is -0.484. The Hall–Kier alpha value is -3.44. The number of sulfone groups is 1. The van der Waals surface area contributed by atoms with Crippen LogP contribution < -0.4 is 11.1 Å². The number of carbonyl (C=O) groups excluding carboxylic acids is 1. The molecule has 0 atom stereocenters. The maximum Gasteiger partial charge on any atom is 0.248 e. The zero-order chi connectivity index (χ0) is 19.2. The van der Waals surface area contributed by atoms with Crippen LogP contribution in [0.5, 0.6) is 0 Å². The van der Waals surface area contributed by atoms with Gasteiger partial charge in [-0.15, -0.1) is 0 Å². The molecular weight excluding hydrogens is 364 g/mol. The van der Waals surface area contributed by atoms with E-state index in [-0.39, 0.29) is 5.75 Å². The molecule has 0 radical (unpaired) electrons. The number of carbonyl (C=O) groups is 1. The van der Waals surface area contributed by atoms with E-state index in [1.54, 1.807) is 36.4 Å². The number of fused-ring (bicyclic) bond motifs is 3. The first-order chi connectivity index (χ1) is 12.9. The lowest BCUT2D eigenvalue weighted by Crippen LogP contribution is -2.10. The van der Waals surface area contributed by atoms with Crippen LogP contribution in [0.1, 0.15) is 21.5 Å². The highest BCUT2D eigenvalue weighted by Gasteiger charge is 2.29. The highest BCUT2D eigenvalue weighted by Crippen LogP contribution is 2.38. The summed E-state index contributed by atoms with van der Waals surface area (Å²) in [4.78, 5) is 15.8. The van der Waals surface area contributed by atoms with Crippen molar-refractivity contribution in [3.8, 4) is 6.07 Å². The highest BCUT2D eigenvalue weighted by atomic mass is 32.2. The fourth-order valence-electron chi connectivity index (χ4n) is 3.30. The lowest BCUT2D eigenvalue weighted by molar-refractivity contribution is 0.100. The Morgan fingerprint density at radius 3 is 2.59 bits per heavy atom. The van der Waals surface area contributed by atoms with Gasteiger partial charge in [-0.2, -0.15) is 5.26 Å². The Balaban J connectivity index is 1.92. The van der Waals surface area contributed by atoms with Gasteiger partial charge in [-0.1, -0.05) is 0 Å². The van der Waals surface area contributed by atoms with Crippen LogP contribution in [0.2, 0.25) is 0 Å². The number of primary amides is 1. The Kier molecular flexibility index (Phi) is 3.82. The third kappa shape index (κ3) is 2.78. The highest BCUT2D eigenvalue weighted by molar-refractivity contribution is 7.91. The molecule has 0 aliphatic carbocycles. The summed E-state index contributed by atoms with van der Waals surface area (Å²) in [5, 5.41) is 13.3. The molecule has 0 unspecified atom stereocenters. The molecule has 7 nitrogen and oxygen atoms in total. The van der Waals surface area contributed by atoms with E-state index in [0.29, 0.717) is 50.3 Å². The normalized spacial score (nSPS) is 14.5. The van der Waals surface area contributed by atoms with Crippen LogP contribution in [-0.4, -0.2) is 25.1 Å². The van der Waals surface area contributed by atoms with Gasteiger partial charge in [0.1, 0.15) is 6.07 Å². The minimum atomic E-state index is -3.31. The quantitative estimate of drug-likeness (QED) is 0.720. The molecule has 134 valence electrons. The average Bonchev–Trinajstić information content (AvgIpc) is 2.97. The van der Waals surface area contributed by atoms with Crippen molar-refractivity contribution in [1.29, 1.82) is 5.26 Å². The van der Waals surface area contributed by atoms with Crippen molar-refractivity contribution < 1.29 is 13.2 Å². The van der Waals surface area contributed by atoms with Crippen molar-refractivity contribution in [3.63, 3.8) is 0 Å². The molecule has 2 aromatic carbocycles. The second-order valence-corrected chi connectivity index (χ2v) is 8.31. The molecule has 2 heterocycles. The van der Waals surface area contributed by atoms with Gasteiger partial charge >= 0.3 is 0 Å². The molecule has 1 aliphatic rings. The van der Waals surface area contributed by atoms with E-state index in [0.717, 1.165) is 0 Å². The van der Waals surface area contributed by atoms with Crippen molar-refractivity contribution in [2.45, 2.75) is 11.3 Å². The van der Waals surface area contributed by atoms with E-state index >= 15 is 0 Å². The summed E-state index contributed by atoms with van der Waals surface area (Å²) in [6.45, 7) is 0. The summed E-state index contributed by atoms with van der Waals surface area (Å²) in [7, 11) is -3.31. The fourth-order valence-corrected chi connectivity index (χ4v) is 4.85. The molecule has 1 aliphatic heterocycles. The summed E-state index contributed by atoms with van der Waals surface area (Å²) in [5.41, 5.74) is 8.36. The number of aromatic nitrogens is 1. The zero-order valence-corrected chi connectivity index (χ0v) is 14.9. The number of nitrogens with two attached hydrogens (primary N) is 1. The molecule has 1 aromatic heterocycles. The van der Waals surface area contributed by atoms with Gasteiger partial charge < -0.3 is 11.1 Å². The Bertz CT molecular complexity index is 1240. The van der Waals surface area contributed by atoms with Crippen molar-refractivity contribution in [3.05, 3.63) is 59.3 Å². The average molecular weight is 378 g/mol. The number of aryl methyl sites for hydroxylation is 1. The number of hydrogen-bond donors (Lipinski definition) is 2. The van der Waals surface area contributed by atoms with Crippen molar-refractivity contribution >= 4 is 38.0 Å². The van der Waals surface area contributed by atoms with Crippen LogP contribution in [0.3, 0.4) is 0 Å². The molecule has 0 saturated carbocycles. The minimum Gasteiger partial charge on any atom is -0.366 e. The van der Waals surface area contributed by atoms with Crippen LogP contribution >= 0.6 is 0 Å². The number of hydrogen-bond acceptors (Lipinski definition) is 6. The van der Waals surface area contributed by atoms with Crippen molar-refractivity contribution in [2.75, 3.05) is 11.1 Å². The molecule has 8 heteroatoms. The fraction of sp³-hybridized carbons (Fsp3) is 0.105. The SMILES string of the molecule is N#Cc1cnc2ccc3c(c2c1Nc1ccc(C(N)=O)cc1)CCS3(=O)=O. The van der Waals surface area contributed by atoms with E-state index in [9.17, 15) is 18.5 Å². The number of rotatable bonds is 3. The molecule has 4 rings (SSSR count). The minimum absolute atomic E-state index is 0.0466. The van der Waals surface area contributed by atoms with Crippen LogP contribution in [0.25, 0.3) is 10.9 Å². The Morgan fingerprint density at radius 2 is 1.93 bits per heavy atom. The summed E-state index contributed by atoms with van der Waals surface area (Å²) in [6.07, 6.45) is 1.83. The van der Waals surface area contributed by atoms with Crippen LogP contribution in [0, 0.1) is 11.3 Å². The predicted molar refractivity (Wildman–Crippen MR) is 100 cm³/mol. The van der Waals surface area contributed by atoms with Gasteiger partial charge in [0, 0.05) is 22.8 Å². The second-order valence-electron chi connectivity index (χ2n) is 6.23. The molecule has 0 bridgehead atoms. The number of nitrogens with zero attached hydrogens (tertiary/aromatic N) is 2. The Labute approximate surface area is 155 Å². The molecule has 27 heavy (non-hydrogen) atoms. The van der Waals surface area contributed by atoms with E-state index in [1.807, 2.05) is 0 Å². The number of amides is 1. The smallest absolute Gasteiger partial charge is 0.248 e. The maximum atomic E-state index is 12.3. The topological polar surface area (TPSA) is 126 Å². The lowest BCUT2D eigenvalue weighted by Gasteiger charge is -2.14. The van der Waals surface area contributed by atoms with Crippen molar-refractivity contribution in [2.24, 2.45) is 5.73 Å². The first-order valence-corrected chi connectivity index (χ1v) is 9.80. The molecule has 3 aromatic rings. The first kappa shape index (κ1) is 17.0. The van der Waals surface area contributed by atoms with Gasteiger partial charge in [-0.3, -0.25) is 9.78 Å². The molecule has 0 spiro atoms. The van der Waals surface area contributed by atoms with Gasteiger partial charge in [-0.05, 0) is 48.4 Å². The number of nitrogens with one attached hydrogen (secondary N) is 1.